The summed E-state index contributed by atoms with van der Waals surface area (Å²) >= 11 is 8.47. The lowest BCUT2D eigenvalue weighted by Gasteiger charge is -2.35. The number of piperidine rings is 1. The highest BCUT2D eigenvalue weighted by Gasteiger charge is 2.36. The van der Waals surface area contributed by atoms with Gasteiger partial charge in [0, 0.05) is 35.7 Å². The molecule has 0 saturated carbocycles. The Kier molecular flexibility index (Phi) is 5.85. The topological polar surface area (TPSA) is 90.4 Å². The van der Waals surface area contributed by atoms with Gasteiger partial charge in [0.15, 0.2) is 0 Å². The van der Waals surface area contributed by atoms with E-state index in [4.69, 9.17) is 4.74 Å². The van der Waals surface area contributed by atoms with Crippen LogP contribution in [0.1, 0.15) is 12.8 Å². The van der Waals surface area contributed by atoms with Crippen molar-refractivity contribution in [1.29, 1.82) is 0 Å². The minimum atomic E-state index is -3.74. The van der Waals surface area contributed by atoms with Crippen molar-refractivity contribution in [3.05, 3.63) is 24.3 Å². The lowest BCUT2D eigenvalue weighted by Crippen LogP contribution is -2.51. The predicted molar refractivity (Wildman–Crippen MR) is 104 cm³/mol. The number of nitrogens with zero attached hydrogens (tertiary/aromatic N) is 3. The first-order chi connectivity index (χ1) is 12.3. The zero-order valence-corrected chi connectivity index (χ0v) is 16.3. The molecule has 2 atom stereocenters. The molecule has 0 aliphatic carbocycles. The Hall–Kier alpha value is -1.24. The first-order valence-corrected chi connectivity index (χ1v) is 10.8. The van der Waals surface area contributed by atoms with Gasteiger partial charge in [0.05, 0.1) is 6.61 Å². The van der Waals surface area contributed by atoms with Crippen molar-refractivity contribution in [3.63, 3.8) is 0 Å². The predicted octanol–water partition coefficient (Wildman–Crippen LogP) is 0.826. The minimum absolute atomic E-state index is 0.0628. The van der Waals surface area contributed by atoms with E-state index in [0.29, 0.717) is 38.2 Å². The molecule has 0 bridgehead atoms. The molecule has 2 unspecified atom stereocenters. The van der Waals surface area contributed by atoms with Crippen molar-refractivity contribution in [1.82, 2.24) is 3.71 Å². The van der Waals surface area contributed by atoms with Gasteiger partial charge in [-0.15, -0.1) is 3.71 Å². The van der Waals surface area contributed by atoms with E-state index in [9.17, 15) is 18.4 Å². The van der Waals surface area contributed by atoms with E-state index >= 15 is 0 Å². The minimum Gasteiger partial charge on any atom is -0.370 e. The third-order valence-corrected chi connectivity index (χ3v) is 6.86. The lowest BCUT2D eigenvalue weighted by molar-refractivity contribution is -0.125. The zero-order chi connectivity index (χ0) is 18.9. The van der Waals surface area contributed by atoms with Crippen LogP contribution in [0.3, 0.4) is 0 Å². The van der Waals surface area contributed by atoms with E-state index in [1.54, 1.807) is 34.1 Å². The smallest absolute Gasteiger partial charge is 0.253 e. The molecular formula is C15H19N3O5S3. The van der Waals surface area contributed by atoms with Crippen LogP contribution in [0.25, 0.3) is 0 Å². The number of ether oxygens (including phenoxy) is 1. The molecular weight excluding hydrogens is 398 g/mol. The Bertz CT molecular complexity index is 799. The summed E-state index contributed by atoms with van der Waals surface area (Å²) < 4.78 is 27.0. The van der Waals surface area contributed by atoms with E-state index in [1.165, 1.54) is 0 Å². The van der Waals surface area contributed by atoms with Crippen LogP contribution in [0.15, 0.2) is 24.3 Å². The summed E-state index contributed by atoms with van der Waals surface area (Å²) in [5.41, 5.74) is 1.39. The molecule has 1 aromatic carbocycles. The summed E-state index contributed by atoms with van der Waals surface area (Å²) in [7, 11) is -3.74. The first kappa shape index (κ1) is 19.5. The molecule has 0 aromatic heterocycles. The maximum atomic E-state index is 12.7. The highest BCUT2D eigenvalue weighted by Crippen LogP contribution is 2.28. The monoisotopic (exact) mass is 417 g/mol. The van der Waals surface area contributed by atoms with E-state index in [-0.39, 0.29) is 18.4 Å². The van der Waals surface area contributed by atoms with Gasteiger partial charge in [0.2, 0.25) is 14.9 Å². The van der Waals surface area contributed by atoms with Gasteiger partial charge in [-0.2, -0.15) is 0 Å². The van der Waals surface area contributed by atoms with E-state index in [0.717, 1.165) is 9.40 Å². The Morgan fingerprint density at radius 1 is 1.19 bits per heavy atom. The van der Waals surface area contributed by atoms with Gasteiger partial charge in [-0.1, -0.05) is 12.8 Å². The number of amides is 2. The number of carbonyl (C=O) groups is 2. The van der Waals surface area contributed by atoms with Gasteiger partial charge < -0.3 is 14.5 Å². The molecule has 2 aliphatic rings. The molecule has 26 heavy (non-hydrogen) atoms. The molecule has 0 radical (unpaired) electrons. The van der Waals surface area contributed by atoms with Gasteiger partial charge in [-0.3, -0.25) is 14.1 Å². The van der Waals surface area contributed by atoms with Crippen LogP contribution in [-0.2, 0) is 34.5 Å². The average molecular weight is 418 g/mol. The maximum absolute atomic E-state index is 12.7. The number of benzene rings is 1. The number of carbonyl (C=O) groups excluding carboxylic acids is 2. The summed E-state index contributed by atoms with van der Waals surface area (Å²) in [6.07, 6.45) is 1.06. The van der Waals surface area contributed by atoms with Crippen molar-refractivity contribution in [2.45, 2.75) is 18.9 Å². The largest absolute Gasteiger partial charge is 0.370 e. The van der Waals surface area contributed by atoms with E-state index < -0.39 is 15.0 Å². The van der Waals surface area contributed by atoms with Crippen molar-refractivity contribution >= 4 is 56.2 Å². The van der Waals surface area contributed by atoms with Crippen molar-refractivity contribution in [3.8, 4) is 0 Å². The summed E-state index contributed by atoms with van der Waals surface area (Å²) in [5, 5.41) is 0. The van der Waals surface area contributed by atoms with Gasteiger partial charge in [-0.25, -0.2) is 4.21 Å². The van der Waals surface area contributed by atoms with Crippen molar-refractivity contribution < 1.29 is 23.1 Å². The molecule has 2 saturated heterocycles. The molecule has 2 fully saturated rings. The van der Waals surface area contributed by atoms with Crippen LogP contribution in [0.2, 0.25) is 0 Å². The van der Waals surface area contributed by atoms with Crippen LogP contribution < -0.4 is 9.80 Å². The molecule has 2 amide bonds. The fourth-order valence-corrected chi connectivity index (χ4v) is 4.12. The first-order valence-electron chi connectivity index (χ1n) is 8.04. The summed E-state index contributed by atoms with van der Waals surface area (Å²) in [5.74, 6) is -0.431. The molecule has 142 valence electrons. The number of hydrogen-bond acceptors (Lipinski definition) is 6. The van der Waals surface area contributed by atoms with Gasteiger partial charge >= 0.3 is 0 Å². The Labute approximate surface area is 162 Å². The molecule has 2 heterocycles. The number of anilines is 2. The Morgan fingerprint density at radius 2 is 1.81 bits per heavy atom. The summed E-state index contributed by atoms with van der Waals surface area (Å²) in [6, 6.07) is 6.20. The average Bonchev–Trinajstić information content (AvgIpc) is 2.61. The van der Waals surface area contributed by atoms with Crippen molar-refractivity contribution in [2.24, 2.45) is 0 Å². The van der Waals surface area contributed by atoms with E-state index in [1.807, 2.05) is 0 Å². The Balaban J connectivity index is 1.78. The number of hydrogen-bond donors (Lipinski definition) is 2. The summed E-state index contributed by atoms with van der Waals surface area (Å²) in [6.45, 7) is 1.53. The second-order valence-electron chi connectivity index (χ2n) is 6.01. The maximum Gasteiger partial charge on any atom is 0.253 e. The normalized spacial score (nSPS) is 24.0. The molecule has 2 aliphatic heterocycles. The van der Waals surface area contributed by atoms with Gasteiger partial charge in [0.25, 0.3) is 5.91 Å². The number of rotatable bonds is 4. The van der Waals surface area contributed by atoms with Gasteiger partial charge in [-0.05, 0) is 37.1 Å². The van der Waals surface area contributed by atoms with Gasteiger partial charge in [0.1, 0.15) is 12.6 Å². The zero-order valence-electron chi connectivity index (χ0n) is 13.8. The third-order valence-electron chi connectivity index (χ3n) is 4.37. The quantitative estimate of drug-likeness (QED) is 0.706. The highest BCUT2D eigenvalue weighted by atomic mass is 32.9. The lowest BCUT2D eigenvalue weighted by atomic mass is 10.0. The van der Waals surface area contributed by atoms with Crippen LogP contribution in [0.4, 0.5) is 11.4 Å². The molecule has 0 spiro atoms. The molecule has 3 rings (SSSR count). The Morgan fingerprint density at radius 3 is 2.38 bits per heavy atom. The van der Waals surface area contributed by atoms with E-state index in [2.05, 4.69) is 24.0 Å². The van der Waals surface area contributed by atoms with Crippen LogP contribution in [0.5, 0.6) is 0 Å². The van der Waals surface area contributed by atoms with Crippen molar-refractivity contribution in [2.75, 3.05) is 36.1 Å². The fourth-order valence-electron chi connectivity index (χ4n) is 3.08. The third kappa shape index (κ3) is 4.02. The van der Waals surface area contributed by atoms with Crippen LogP contribution in [-0.4, -0.2) is 56.6 Å². The molecule has 11 heteroatoms. The second kappa shape index (κ2) is 7.79. The SMILES string of the molecule is O=C1COCCN1c1ccc(N2CCCC(N(S)S(=O)(O)=S)C2=O)cc1. The second-order valence-corrected chi connectivity index (χ2v) is 9.31. The summed E-state index contributed by atoms with van der Waals surface area (Å²) in [4.78, 5) is 27.8. The van der Waals surface area contributed by atoms with Crippen LogP contribution >= 0.6 is 12.8 Å². The molecule has 1 aromatic rings. The van der Waals surface area contributed by atoms with Crippen LogP contribution in [0, 0.1) is 0 Å². The molecule has 1 N–H and O–H groups in total. The highest BCUT2D eigenvalue weighted by molar-refractivity contribution is 8.30. The number of thiol groups is 1. The molecule has 8 nitrogen and oxygen atoms in total. The fraction of sp³-hybridized carbons (Fsp3) is 0.467. The standard InChI is InChI=1S/C15H19N3O5S3/c19-14-10-23-9-8-16(14)11-3-5-12(6-4-11)17-7-1-2-13(15(17)20)18(24)26(21,22)25/h3-6,13,24H,1-2,7-10H2,(H,21,22,25). The number of morpholine rings is 1.